The number of benzene rings is 2. The van der Waals surface area contributed by atoms with Gasteiger partial charge in [-0.25, -0.2) is 9.97 Å². The first-order valence-corrected chi connectivity index (χ1v) is 9.45. The topological polar surface area (TPSA) is 70.2 Å². The summed E-state index contributed by atoms with van der Waals surface area (Å²) in [6.45, 7) is 6.79. The number of aromatic nitrogens is 2. The van der Waals surface area contributed by atoms with Gasteiger partial charge in [-0.15, -0.1) is 0 Å². The molecule has 0 bridgehead atoms. The fraction of sp³-hybridized carbons (Fsp3) is 0.227. The maximum absolute atomic E-state index is 12.4. The Morgan fingerprint density at radius 1 is 0.929 bits per heavy atom. The van der Waals surface area contributed by atoms with Gasteiger partial charge in [-0.05, 0) is 43.7 Å². The van der Waals surface area contributed by atoms with E-state index in [1.165, 1.54) is 6.20 Å². The average Bonchev–Trinajstić information content (AvgIpc) is 2.75. The Labute approximate surface area is 165 Å². The van der Waals surface area contributed by atoms with Crippen molar-refractivity contribution in [3.8, 4) is 0 Å². The molecule has 3 aromatic rings. The number of nitrogens with zero attached hydrogens (tertiary/aromatic N) is 3. The fourth-order valence-electron chi connectivity index (χ4n) is 2.86. The SMILES string of the molecule is CCN(CC)c1ccc(NC(=O)c2cnc(NCc3ccccc3)cn2)cc1. The number of amides is 1. The first-order valence-electron chi connectivity index (χ1n) is 9.45. The highest BCUT2D eigenvalue weighted by Gasteiger charge is 2.09. The molecule has 3 rings (SSSR count). The van der Waals surface area contributed by atoms with Crippen LogP contribution in [-0.2, 0) is 6.54 Å². The maximum atomic E-state index is 12.4. The number of rotatable bonds is 8. The average molecular weight is 375 g/mol. The van der Waals surface area contributed by atoms with Gasteiger partial charge >= 0.3 is 0 Å². The van der Waals surface area contributed by atoms with E-state index in [2.05, 4.69) is 39.3 Å². The summed E-state index contributed by atoms with van der Waals surface area (Å²) >= 11 is 0. The molecule has 0 atom stereocenters. The van der Waals surface area contributed by atoms with Crippen LogP contribution in [0.3, 0.4) is 0 Å². The molecule has 2 aromatic carbocycles. The summed E-state index contributed by atoms with van der Waals surface area (Å²) in [5, 5.41) is 6.05. The van der Waals surface area contributed by atoms with E-state index in [0.29, 0.717) is 12.4 Å². The van der Waals surface area contributed by atoms with Crippen molar-refractivity contribution < 1.29 is 4.79 Å². The van der Waals surface area contributed by atoms with E-state index < -0.39 is 0 Å². The van der Waals surface area contributed by atoms with Gasteiger partial charge in [0.05, 0.1) is 12.4 Å². The van der Waals surface area contributed by atoms with Crippen LogP contribution in [-0.4, -0.2) is 29.0 Å². The van der Waals surface area contributed by atoms with Crippen LogP contribution in [0.15, 0.2) is 67.0 Å². The zero-order valence-corrected chi connectivity index (χ0v) is 16.2. The Hall–Kier alpha value is -3.41. The molecule has 0 saturated heterocycles. The molecule has 28 heavy (non-hydrogen) atoms. The molecule has 0 radical (unpaired) electrons. The third-order valence-corrected chi connectivity index (χ3v) is 4.45. The molecule has 0 aliphatic heterocycles. The minimum atomic E-state index is -0.280. The van der Waals surface area contributed by atoms with Crippen molar-refractivity contribution in [2.75, 3.05) is 28.6 Å². The molecular formula is C22H25N5O. The van der Waals surface area contributed by atoms with Gasteiger partial charge in [-0.3, -0.25) is 4.79 Å². The van der Waals surface area contributed by atoms with Crippen molar-refractivity contribution in [3.63, 3.8) is 0 Å². The van der Waals surface area contributed by atoms with Crippen molar-refractivity contribution in [3.05, 3.63) is 78.2 Å². The normalized spacial score (nSPS) is 10.4. The van der Waals surface area contributed by atoms with Crippen molar-refractivity contribution in [2.24, 2.45) is 0 Å². The molecule has 0 fully saturated rings. The standard InChI is InChI=1S/C22H25N5O/c1-3-27(4-2)19-12-10-18(11-13-19)26-22(28)20-15-25-21(16-23-20)24-14-17-8-6-5-7-9-17/h5-13,15-16H,3-4,14H2,1-2H3,(H,24,25)(H,26,28). The molecule has 1 heterocycles. The van der Waals surface area contributed by atoms with Crippen LogP contribution in [0.2, 0.25) is 0 Å². The van der Waals surface area contributed by atoms with Gasteiger partial charge in [0.2, 0.25) is 0 Å². The predicted octanol–water partition coefficient (Wildman–Crippen LogP) is 4.19. The van der Waals surface area contributed by atoms with E-state index in [4.69, 9.17) is 0 Å². The van der Waals surface area contributed by atoms with E-state index in [1.54, 1.807) is 6.20 Å². The van der Waals surface area contributed by atoms with E-state index in [-0.39, 0.29) is 11.6 Å². The lowest BCUT2D eigenvalue weighted by molar-refractivity contribution is 0.102. The van der Waals surface area contributed by atoms with E-state index >= 15 is 0 Å². The Morgan fingerprint density at radius 3 is 2.25 bits per heavy atom. The quantitative estimate of drug-likeness (QED) is 0.618. The molecule has 0 aliphatic rings. The van der Waals surface area contributed by atoms with Crippen LogP contribution in [0.1, 0.15) is 29.9 Å². The van der Waals surface area contributed by atoms with Crippen LogP contribution < -0.4 is 15.5 Å². The second-order valence-corrected chi connectivity index (χ2v) is 6.30. The van der Waals surface area contributed by atoms with Crippen LogP contribution >= 0.6 is 0 Å². The minimum absolute atomic E-state index is 0.276. The first-order chi connectivity index (χ1) is 13.7. The number of hydrogen-bond donors (Lipinski definition) is 2. The summed E-state index contributed by atoms with van der Waals surface area (Å²) in [5.41, 5.74) is 3.29. The van der Waals surface area contributed by atoms with Crippen molar-refractivity contribution in [1.82, 2.24) is 9.97 Å². The Morgan fingerprint density at radius 2 is 1.64 bits per heavy atom. The second-order valence-electron chi connectivity index (χ2n) is 6.30. The molecule has 0 unspecified atom stereocenters. The zero-order valence-electron chi connectivity index (χ0n) is 16.2. The molecule has 1 amide bonds. The number of carbonyl (C=O) groups is 1. The van der Waals surface area contributed by atoms with Crippen LogP contribution in [0.4, 0.5) is 17.2 Å². The van der Waals surface area contributed by atoms with Gasteiger partial charge < -0.3 is 15.5 Å². The van der Waals surface area contributed by atoms with Crippen LogP contribution in [0.5, 0.6) is 0 Å². The number of carbonyl (C=O) groups excluding carboxylic acids is 1. The van der Waals surface area contributed by atoms with Crippen LogP contribution in [0.25, 0.3) is 0 Å². The molecule has 2 N–H and O–H groups in total. The van der Waals surface area contributed by atoms with E-state index in [9.17, 15) is 4.79 Å². The first kappa shape index (κ1) is 19.4. The number of anilines is 3. The third kappa shape index (κ3) is 5.07. The molecule has 0 spiro atoms. The molecular weight excluding hydrogens is 350 g/mol. The van der Waals surface area contributed by atoms with E-state index in [1.807, 2.05) is 54.6 Å². The van der Waals surface area contributed by atoms with Crippen molar-refractivity contribution in [1.29, 1.82) is 0 Å². The second kappa shape index (κ2) is 9.50. The third-order valence-electron chi connectivity index (χ3n) is 4.45. The van der Waals surface area contributed by atoms with Gasteiger partial charge in [-0.2, -0.15) is 0 Å². The van der Waals surface area contributed by atoms with Gasteiger partial charge in [0.15, 0.2) is 0 Å². The lowest BCUT2D eigenvalue weighted by Crippen LogP contribution is -2.21. The van der Waals surface area contributed by atoms with Crippen molar-refractivity contribution >= 4 is 23.1 Å². The summed E-state index contributed by atoms with van der Waals surface area (Å²) in [5.74, 6) is 0.349. The summed E-state index contributed by atoms with van der Waals surface area (Å²) < 4.78 is 0. The minimum Gasteiger partial charge on any atom is -0.372 e. The molecule has 0 saturated carbocycles. The maximum Gasteiger partial charge on any atom is 0.275 e. The monoisotopic (exact) mass is 375 g/mol. The molecule has 0 aliphatic carbocycles. The summed E-state index contributed by atoms with van der Waals surface area (Å²) in [7, 11) is 0. The van der Waals surface area contributed by atoms with Gasteiger partial charge in [0.25, 0.3) is 5.91 Å². The number of nitrogens with one attached hydrogen (secondary N) is 2. The van der Waals surface area contributed by atoms with Gasteiger partial charge in [0, 0.05) is 31.0 Å². The largest absolute Gasteiger partial charge is 0.372 e. The summed E-state index contributed by atoms with van der Waals surface area (Å²) in [6.07, 6.45) is 3.05. The molecule has 6 heteroatoms. The lowest BCUT2D eigenvalue weighted by Gasteiger charge is -2.21. The summed E-state index contributed by atoms with van der Waals surface area (Å²) in [6, 6.07) is 17.8. The van der Waals surface area contributed by atoms with Gasteiger partial charge in [0.1, 0.15) is 11.5 Å². The predicted molar refractivity (Wildman–Crippen MR) is 114 cm³/mol. The Kier molecular flexibility index (Phi) is 6.57. The number of hydrogen-bond acceptors (Lipinski definition) is 5. The lowest BCUT2D eigenvalue weighted by atomic mass is 10.2. The van der Waals surface area contributed by atoms with Crippen molar-refractivity contribution in [2.45, 2.75) is 20.4 Å². The fourth-order valence-corrected chi connectivity index (χ4v) is 2.86. The van der Waals surface area contributed by atoms with E-state index in [0.717, 1.165) is 30.0 Å². The highest BCUT2D eigenvalue weighted by Crippen LogP contribution is 2.18. The molecule has 144 valence electrons. The summed E-state index contributed by atoms with van der Waals surface area (Å²) in [4.78, 5) is 23.1. The van der Waals surface area contributed by atoms with Gasteiger partial charge in [-0.1, -0.05) is 30.3 Å². The molecule has 6 nitrogen and oxygen atoms in total. The molecule has 1 aromatic heterocycles. The zero-order chi connectivity index (χ0) is 19.8. The Bertz CT molecular complexity index is 875. The smallest absolute Gasteiger partial charge is 0.275 e. The Balaban J connectivity index is 1.57. The highest BCUT2D eigenvalue weighted by atomic mass is 16.1. The van der Waals surface area contributed by atoms with Crippen LogP contribution in [0, 0.1) is 0 Å². The highest BCUT2D eigenvalue weighted by molar-refractivity contribution is 6.02.